The Hall–Kier alpha value is -2.27. The van der Waals surface area contributed by atoms with Crippen LogP contribution >= 0.6 is 0 Å². The number of fused-ring (bicyclic) bond motifs is 2. The summed E-state index contributed by atoms with van der Waals surface area (Å²) in [6.45, 7) is 0. The predicted octanol–water partition coefficient (Wildman–Crippen LogP) is 4.43. The molecule has 2 saturated heterocycles. The molecule has 0 spiro atoms. The molecule has 0 aromatic heterocycles. The molecule has 0 saturated carbocycles. The highest BCUT2D eigenvalue weighted by molar-refractivity contribution is 5.77. The van der Waals surface area contributed by atoms with Crippen LogP contribution in [-0.4, -0.2) is 29.9 Å². The molecule has 2 aromatic carbocycles. The number of nitrogens with zero attached hydrogens (tertiary/aromatic N) is 1. The van der Waals surface area contributed by atoms with Crippen molar-refractivity contribution >= 4 is 5.91 Å². The number of benzene rings is 2. The first-order valence-electron chi connectivity index (χ1n) is 10.0. The van der Waals surface area contributed by atoms with Crippen LogP contribution in [0.5, 0.6) is 0 Å². The Labute approximate surface area is 164 Å². The fraction of sp³-hybridized carbons (Fsp3) is 0.435. The van der Waals surface area contributed by atoms with Crippen molar-refractivity contribution < 1.29 is 13.6 Å². The van der Waals surface area contributed by atoms with E-state index in [9.17, 15) is 13.6 Å². The Morgan fingerprint density at radius 2 is 1.43 bits per heavy atom. The zero-order chi connectivity index (χ0) is 19.7. The number of hydrogen-bond donors (Lipinski definition) is 1. The Kier molecular flexibility index (Phi) is 5.44. The van der Waals surface area contributed by atoms with Crippen molar-refractivity contribution in [2.75, 3.05) is 7.05 Å². The number of piperidine rings is 1. The van der Waals surface area contributed by atoms with Crippen LogP contribution in [0.15, 0.2) is 48.5 Å². The third kappa shape index (κ3) is 4.09. The van der Waals surface area contributed by atoms with Crippen LogP contribution < -0.4 is 5.32 Å². The van der Waals surface area contributed by atoms with Gasteiger partial charge in [0.1, 0.15) is 11.6 Å². The van der Waals surface area contributed by atoms with Crippen LogP contribution in [0, 0.1) is 17.6 Å². The quantitative estimate of drug-likeness (QED) is 0.827. The van der Waals surface area contributed by atoms with Gasteiger partial charge in [-0.25, -0.2) is 8.78 Å². The number of carbonyl (C=O) groups excluding carboxylic acids is 1. The van der Waals surface area contributed by atoms with Gasteiger partial charge in [-0.15, -0.1) is 0 Å². The molecule has 2 aliphatic rings. The first-order valence-corrected chi connectivity index (χ1v) is 10.0. The van der Waals surface area contributed by atoms with Crippen molar-refractivity contribution in [2.24, 2.45) is 5.92 Å². The molecular weight excluding hydrogens is 358 g/mol. The minimum Gasteiger partial charge on any atom is -0.345 e. The molecule has 1 N–H and O–H groups in total. The van der Waals surface area contributed by atoms with E-state index in [1.165, 1.54) is 37.1 Å². The lowest BCUT2D eigenvalue weighted by Crippen LogP contribution is -2.41. The van der Waals surface area contributed by atoms with E-state index in [1.807, 2.05) is 0 Å². The fourth-order valence-electron chi connectivity index (χ4n) is 4.84. The largest absolute Gasteiger partial charge is 0.345 e. The van der Waals surface area contributed by atoms with Crippen molar-refractivity contribution in [3.63, 3.8) is 0 Å². The summed E-state index contributed by atoms with van der Waals surface area (Å²) in [5.74, 6) is -0.257. The van der Waals surface area contributed by atoms with Gasteiger partial charge in [-0.1, -0.05) is 24.3 Å². The SMILES string of the molecule is CN1C2CCC1CC(CC(=O)NC(c1ccc(F)cc1)c1ccc(F)cc1)C2. The van der Waals surface area contributed by atoms with Gasteiger partial charge in [0.25, 0.3) is 0 Å². The number of rotatable bonds is 5. The van der Waals surface area contributed by atoms with Crippen molar-refractivity contribution in [3.05, 3.63) is 71.3 Å². The maximum atomic E-state index is 13.3. The first-order chi connectivity index (χ1) is 13.5. The topological polar surface area (TPSA) is 32.3 Å². The van der Waals surface area contributed by atoms with Gasteiger partial charge < -0.3 is 10.2 Å². The summed E-state index contributed by atoms with van der Waals surface area (Å²) in [6.07, 6.45) is 5.09. The highest BCUT2D eigenvalue weighted by Crippen LogP contribution is 2.38. The maximum absolute atomic E-state index is 13.3. The molecule has 3 nitrogen and oxygen atoms in total. The molecule has 0 radical (unpaired) electrons. The van der Waals surface area contributed by atoms with E-state index in [4.69, 9.17) is 0 Å². The summed E-state index contributed by atoms with van der Waals surface area (Å²) in [6, 6.07) is 13.0. The summed E-state index contributed by atoms with van der Waals surface area (Å²) in [5, 5.41) is 3.10. The van der Waals surface area contributed by atoms with Crippen LogP contribution in [0.25, 0.3) is 0 Å². The van der Waals surface area contributed by atoms with Gasteiger partial charge in [0, 0.05) is 18.5 Å². The molecule has 5 heteroatoms. The van der Waals surface area contributed by atoms with E-state index >= 15 is 0 Å². The second-order valence-corrected chi connectivity index (χ2v) is 8.20. The van der Waals surface area contributed by atoms with Gasteiger partial charge in [-0.3, -0.25) is 4.79 Å². The molecule has 2 unspecified atom stereocenters. The summed E-state index contributed by atoms with van der Waals surface area (Å²) in [4.78, 5) is 15.3. The van der Waals surface area contributed by atoms with Crippen LogP contribution in [-0.2, 0) is 4.79 Å². The lowest BCUT2D eigenvalue weighted by molar-refractivity contribution is -0.123. The summed E-state index contributed by atoms with van der Waals surface area (Å²) in [7, 11) is 2.19. The van der Waals surface area contributed by atoms with Crippen LogP contribution in [0.2, 0.25) is 0 Å². The second-order valence-electron chi connectivity index (χ2n) is 8.20. The lowest BCUT2D eigenvalue weighted by Gasteiger charge is -2.36. The van der Waals surface area contributed by atoms with Crippen LogP contribution in [0.1, 0.15) is 49.3 Å². The Bertz CT molecular complexity index is 762. The van der Waals surface area contributed by atoms with E-state index in [2.05, 4.69) is 17.3 Å². The third-order valence-electron chi connectivity index (χ3n) is 6.38. The molecule has 2 aliphatic heterocycles. The van der Waals surface area contributed by atoms with E-state index in [1.54, 1.807) is 24.3 Å². The monoisotopic (exact) mass is 384 g/mol. The van der Waals surface area contributed by atoms with Gasteiger partial charge in [-0.05, 0) is 74.0 Å². The molecular formula is C23H26F2N2O. The van der Waals surface area contributed by atoms with Gasteiger partial charge in [0.2, 0.25) is 5.91 Å². The highest BCUT2D eigenvalue weighted by Gasteiger charge is 2.39. The van der Waals surface area contributed by atoms with E-state index < -0.39 is 6.04 Å². The lowest BCUT2D eigenvalue weighted by atomic mass is 9.88. The standard InChI is InChI=1S/C23H26F2N2O/c1-27-20-10-11-21(27)13-15(12-20)14-22(28)26-23(16-2-6-18(24)7-3-16)17-4-8-19(25)9-5-17/h2-9,15,20-21,23H,10-14H2,1H3,(H,26,28). The second kappa shape index (κ2) is 8.00. The van der Waals surface area contributed by atoms with Gasteiger partial charge >= 0.3 is 0 Å². The Balaban J connectivity index is 1.48. The van der Waals surface area contributed by atoms with Crippen LogP contribution in [0.3, 0.4) is 0 Å². The summed E-state index contributed by atoms with van der Waals surface area (Å²) >= 11 is 0. The molecule has 28 heavy (non-hydrogen) atoms. The molecule has 0 aliphatic carbocycles. The number of amides is 1. The minimum absolute atomic E-state index is 0.00685. The molecule has 2 bridgehead atoms. The van der Waals surface area contributed by atoms with Gasteiger partial charge in [0.05, 0.1) is 6.04 Å². The molecule has 4 rings (SSSR count). The first kappa shape index (κ1) is 19.1. The number of halogens is 2. The van der Waals surface area contributed by atoms with E-state index in [0.29, 0.717) is 24.4 Å². The van der Waals surface area contributed by atoms with Crippen molar-refractivity contribution in [3.8, 4) is 0 Å². The van der Waals surface area contributed by atoms with Crippen LogP contribution in [0.4, 0.5) is 8.78 Å². The minimum atomic E-state index is -0.420. The smallest absolute Gasteiger partial charge is 0.221 e. The summed E-state index contributed by atoms with van der Waals surface area (Å²) < 4.78 is 26.7. The average molecular weight is 384 g/mol. The molecule has 1 amide bonds. The highest BCUT2D eigenvalue weighted by atomic mass is 19.1. The zero-order valence-corrected chi connectivity index (χ0v) is 16.1. The van der Waals surface area contributed by atoms with E-state index in [0.717, 1.165) is 24.0 Å². The fourth-order valence-corrected chi connectivity index (χ4v) is 4.84. The maximum Gasteiger partial charge on any atom is 0.221 e. The van der Waals surface area contributed by atoms with Gasteiger partial charge in [-0.2, -0.15) is 0 Å². The average Bonchev–Trinajstić information content (AvgIpc) is 2.89. The zero-order valence-electron chi connectivity index (χ0n) is 16.1. The molecule has 2 atom stereocenters. The molecule has 148 valence electrons. The van der Waals surface area contributed by atoms with E-state index in [-0.39, 0.29) is 17.5 Å². The number of hydrogen-bond acceptors (Lipinski definition) is 2. The number of carbonyl (C=O) groups is 1. The van der Waals surface area contributed by atoms with Crippen molar-refractivity contribution in [2.45, 2.75) is 50.2 Å². The molecule has 2 aromatic rings. The normalized spacial score (nSPS) is 24.5. The number of nitrogens with one attached hydrogen (secondary N) is 1. The Morgan fingerprint density at radius 1 is 0.964 bits per heavy atom. The predicted molar refractivity (Wildman–Crippen MR) is 105 cm³/mol. The Morgan fingerprint density at radius 3 is 1.89 bits per heavy atom. The molecule has 2 fully saturated rings. The third-order valence-corrected chi connectivity index (χ3v) is 6.38. The van der Waals surface area contributed by atoms with Crippen molar-refractivity contribution in [1.29, 1.82) is 0 Å². The van der Waals surface area contributed by atoms with Crippen molar-refractivity contribution in [1.82, 2.24) is 10.2 Å². The van der Waals surface area contributed by atoms with Gasteiger partial charge in [0.15, 0.2) is 0 Å². The summed E-state index contributed by atoms with van der Waals surface area (Å²) in [5.41, 5.74) is 1.56. The molecule has 2 heterocycles.